The number of aliphatic hydroxyl groups excluding tert-OH is 1. The summed E-state index contributed by atoms with van der Waals surface area (Å²) in [5.74, 6) is 0. The molecule has 1 aromatic rings. The largest absolute Gasteiger partial charge is 0.396 e. The van der Waals surface area contributed by atoms with Crippen molar-refractivity contribution >= 4 is 28.9 Å². The summed E-state index contributed by atoms with van der Waals surface area (Å²) in [6.45, 7) is 6.84. The topological polar surface area (TPSA) is 58.3 Å². The number of hydrogen-bond donors (Lipinski definition) is 3. The third-order valence-electron chi connectivity index (χ3n) is 3.77. The highest BCUT2D eigenvalue weighted by atomic mass is 35.5. The first kappa shape index (κ1) is 16.6. The van der Waals surface area contributed by atoms with Gasteiger partial charge in [-0.3, -0.25) is 0 Å². The van der Waals surface area contributed by atoms with Gasteiger partial charge in [0.1, 0.15) is 0 Å². The van der Waals surface area contributed by atoms with Crippen LogP contribution < -0.4 is 11.1 Å². The highest BCUT2D eigenvalue weighted by molar-refractivity contribution is 6.38. The normalized spacial score (nSPS) is 13.6. The summed E-state index contributed by atoms with van der Waals surface area (Å²) in [7, 11) is 0. The Labute approximate surface area is 125 Å². The Morgan fingerprint density at radius 3 is 2.16 bits per heavy atom. The number of anilines is 1. The Morgan fingerprint density at radius 1 is 1.26 bits per heavy atom. The number of β-amino-alcohol motifs (C(OH)–C–C–N with tert-alkyl or cyclic N) is 1. The standard InChI is InChI=1S/C14H22Cl2N2O/c1-4-14(3,5-2)18-8-12(19)9-6-10(15)13(17)11(16)7-9/h6-7,12,18-19H,4-5,8,17H2,1-3H3. The Kier molecular flexibility index (Phi) is 5.93. The second-order valence-electron chi connectivity index (χ2n) is 5.06. The molecule has 5 heteroatoms. The molecule has 0 aromatic heterocycles. The zero-order chi connectivity index (χ0) is 14.6. The van der Waals surface area contributed by atoms with Crippen LogP contribution in [-0.4, -0.2) is 17.2 Å². The fourth-order valence-corrected chi connectivity index (χ4v) is 2.26. The molecule has 108 valence electrons. The molecule has 0 amide bonds. The molecule has 3 nitrogen and oxygen atoms in total. The van der Waals surface area contributed by atoms with E-state index in [9.17, 15) is 5.11 Å². The van der Waals surface area contributed by atoms with Gasteiger partial charge in [-0.2, -0.15) is 0 Å². The third kappa shape index (κ3) is 4.25. The molecular weight excluding hydrogens is 283 g/mol. The van der Waals surface area contributed by atoms with Gasteiger partial charge in [0.2, 0.25) is 0 Å². The van der Waals surface area contributed by atoms with Crippen LogP contribution in [0.3, 0.4) is 0 Å². The number of benzene rings is 1. The lowest BCUT2D eigenvalue weighted by molar-refractivity contribution is 0.156. The number of aliphatic hydroxyl groups is 1. The van der Waals surface area contributed by atoms with Crippen LogP contribution in [0, 0.1) is 0 Å². The van der Waals surface area contributed by atoms with Gasteiger partial charge in [0.15, 0.2) is 0 Å². The molecule has 0 saturated heterocycles. The fraction of sp³-hybridized carbons (Fsp3) is 0.571. The van der Waals surface area contributed by atoms with Crippen molar-refractivity contribution in [2.75, 3.05) is 12.3 Å². The van der Waals surface area contributed by atoms with Crippen molar-refractivity contribution in [3.8, 4) is 0 Å². The molecule has 0 aliphatic rings. The zero-order valence-electron chi connectivity index (χ0n) is 11.6. The van der Waals surface area contributed by atoms with Gasteiger partial charge in [-0.15, -0.1) is 0 Å². The van der Waals surface area contributed by atoms with E-state index in [0.717, 1.165) is 12.8 Å². The molecule has 1 aromatic carbocycles. The number of nitrogens with two attached hydrogens (primary N) is 1. The van der Waals surface area contributed by atoms with Gasteiger partial charge in [-0.25, -0.2) is 0 Å². The monoisotopic (exact) mass is 304 g/mol. The molecule has 0 radical (unpaired) electrons. The molecule has 1 unspecified atom stereocenters. The molecule has 0 bridgehead atoms. The van der Waals surface area contributed by atoms with E-state index in [4.69, 9.17) is 28.9 Å². The van der Waals surface area contributed by atoms with Crippen LogP contribution in [0.25, 0.3) is 0 Å². The van der Waals surface area contributed by atoms with Crippen molar-refractivity contribution in [2.24, 2.45) is 0 Å². The summed E-state index contributed by atoms with van der Waals surface area (Å²) in [6, 6.07) is 3.31. The van der Waals surface area contributed by atoms with Gasteiger partial charge in [-0.05, 0) is 37.5 Å². The predicted molar refractivity (Wildman–Crippen MR) is 82.8 cm³/mol. The minimum absolute atomic E-state index is 0.0301. The van der Waals surface area contributed by atoms with Gasteiger partial charge < -0.3 is 16.2 Å². The van der Waals surface area contributed by atoms with E-state index in [1.807, 2.05) is 0 Å². The maximum absolute atomic E-state index is 10.2. The molecular formula is C14H22Cl2N2O. The summed E-state index contributed by atoms with van der Waals surface area (Å²) in [5.41, 5.74) is 6.73. The van der Waals surface area contributed by atoms with Crippen molar-refractivity contribution in [1.82, 2.24) is 5.32 Å². The number of hydrogen-bond acceptors (Lipinski definition) is 3. The Balaban J connectivity index is 2.76. The Hall–Kier alpha value is -0.480. The first-order valence-electron chi connectivity index (χ1n) is 6.50. The highest BCUT2D eigenvalue weighted by Gasteiger charge is 2.21. The van der Waals surface area contributed by atoms with E-state index in [0.29, 0.717) is 27.8 Å². The average molecular weight is 305 g/mol. The number of nitrogens with one attached hydrogen (secondary N) is 1. The van der Waals surface area contributed by atoms with E-state index in [1.54, 1.807) is 12.1 Å². The maximum Gasteiger partial charge on any atom is 0.0915 e. The van der Waals surface area contributed by atoms with Crippen LogP contribution >= 0.6 is 23.2 Å². The van der Waals surface area contributed by atoms with Crippen molar-refractivity contribution in [3.63, 3.8) is 0 Å². The van der Waals surface area contributed by atoms with Gasteiger partial charge >= 0.3 is 0 Å². The lowest BCUT2D eigenvalue weighted by Gasteiger charge is -2.29. The zero-order valence-corrected chi connectivity index (χ0v) is 13.1. The minimum atomic E-state index is -0.659. The molecule has 0 heterocycles. The SMILES string of the molecule is CCC(C)(CC)NCC(O)c1cc(Cl)c(N)c(Cl)c1. The molecule has 1 atom stereocenters. The van der Waals surface area contributed by atoms with Crippen LogP contribution in [0.5, 0.6) is 0 Å². The fourth-order valence-electron chi connectivity index (χ4n) is 1.76. The predicted octanol–water partition coefficient (Wildman–Crippen LogP) is 3.78. The van der Waals surface area contributed by atoms with Gasteiger partial charge in [0.05, 0.1) is 21.8 Å². The van der Waals surface area contributed by atoms with Crippen LogP contribution in [0.2, 0.25) is 10.0 Å². The van der Waals surface area contributed by atoms with Crippen molar-refractivity contribution in [3.05, 3.63) is 27.7 Å². The van der Waals surface area contributed by atoms with Crippen molar-refractivity contribution in [2.45, 2.75) is 45.3 Å². The molecule has 0 spiro atoms. The minimum Gasteiger partial charge on any atom is -0.396 e. The van der Waals surface area contributed by atoms with Crippen LogP contribution in [0.1, 0.15) is 45.3 Å². The average Bonchev–Trinajstić information content (AvgIpc) is 2.41. The summed E-state index contributed by atoms with van der Waals surface area (Å²) >= 11 is 11.9. The van der Waals surface area contributed by atoms with E-state index in [-0.39, 0.29) is 5.54 Å². The second kappa shape index (κ2) is 6.80. The molecule has 1 rings (SSSR count). The number of rotatable bonds is 6. The van der Waals surface area contributed by atoms with E-state index in [2.05, 4.69) is 26.1 Å². The third-order valence-corrected chi connectivity index (χ3v) is 4.39. The van der Waals surface area contributed by atoms with Crippen LogP contribution in [0.4, 0.5) is 5.69 Å². The Morgan fingerprint density at radius 2 is 1.74 bits per heavy atom. The van der Waals surface area contributed by atoms with E-state index < -0.39 is 6.10 Å². The summed E-state index contributed by atoms with van der Waals surface area (Å²) in [5, 5.41) is 14.3. The Bertz CT molecular complexity index is 410. The first-order chi connectivity index (χ1) is 8.83. The quantitative estimate of drug-likeness (QED) is 0.701. The van der Waals surface area contributed by atoms with Crippen LogP contribution in [0.15, 0.2) is 12.1 Å². The first-order valence-corrected chi connectivity index (χ1v) is 7.26. The number of nitrogen functional groups attached to an aromatic ring is 1. The molecule has 0 fully saturated rings. The molecule has 4 N–H and O–H groups in total. The molecule has 0 aliphatic carbocycles. The lowest BCUT2D eigenvalue weighted by atomic mass is 9.95. The highest BCUT2D eigenvalue weighted by Crippen LogP contribution is 2.31. The van der Waals surface area contributed by atoms with Gasteiger partial charge in [-0.1, -0.05) is 37.0 Å². The molecule has 19 heavy (non-hydrogen) atoms. The van der Waals surface area contributed by atoms with Crippen molar-refractivity contribution < 1.29 is 5.11 Å². The van der Waals surface area contributed by atoms with Gasteiger partial charge in [0.25, 0.3) is 0 Å². The summed E-state index contributed by atoms with van der Waals surface area (Å²) < 4.78 is 0. The second-order valence-corrected chi connectivity index (χ2v) is 5.88. The molecule has 0 saturated carbocycles. The summed E-state index contributed by atoms with van der Waals surface area (Å²) in [4.78, 5) is 0. The number of halogens is 2. The van der Waals surface area contributed by atoms with Crippen molar-refractivity contribution in [1.29, 1.82) is 0 Å². The van der Waals surface area contributed by atoms with E-state index in [1.165, 1.54) is 0 Å². The van der Waals surface area contributed by atoms with E-state index >= 15 is 0 Å². The lowest BCUT2D eigenvalue weighted by Crippen LogP contribution is -2.43. The summed E-state index contributed by atoms with van der Waals surface area (Å²) in [6.07, 6.45) is 1.34. The van der Waals surface area contributed by atoms with Gasteiger partial charge in [0, 0.05) is 12.1 Å². The van der Waals surface area contributed by atoms with Crippen LogP contribution in [-0.2, 0) is 0 Å². The maximum atomic E-state index is 10.2. The molecule has 0 aliphatic heterocycles. The smallest absolute Gasteiger partial charge is 0.0915 e.